The minimum absolute atomic E-state index is 0.0936. The maximum atomic E-state index is 8.94. The Balaban J connectivity index is 2.01. The van der Waals surface area contributed by atoms with E-state index in [1.165, 1.54) is 30.4 Å². The van der Waals surface area contributed by atoms with Gasteiger partial charge < -0.3 is 10.4 Å². The summed E-state index contributed by atoms with van der Waals surface area (Å²) in [5.41, 5.74) is 3.62. The fourth-order valence-corrected chi connectivity index (χ4v) is 2.67. The molecule has 104 valence electrons. The van der Waals surface area contributed by atoms with E-state index in [4.69, 9.17) is 5.11 Å². The lowest BCUT2D eigenvalue weighted by Crippen LogP contribution is -2.07. The van der Waals surface area contributed by atoms with Gasteiger partial charge in [0.2, 0.25) is 0 Å². The largest absolute Gasteiger partial charge is 0.395 e. The molecule has 0 atom stereocenters. The Morgan fingerprint density at radius 1 is 1.20 bits per heavy atom. The molecule has 0 bridgehead atoms. The first-order valence-electron chi connectivity index (χ1n) is 7.17. The Morgan fingerprint density at radius 2 is 2.15 bits per heavy atom. The molecular weight excluding hydrogens is 250 g/mol. The van der Waals surface area contributed by atoms with Crippen LogP contribution in [0, 0.1) is 0 Å². The minimum Gasteiger partial charge on any atom is -0.395 e. The van der Waals surface area contributed by atoms with Crippen LogP contribution in [0.5, 0.6) is 0 Å². The summed E-state index contributed by atoms with van der Waals surface area (Å²) in [5, 5.41) is 13.1. The number of allylic oxidation sites excluding steroid dienone is 2. The van der Waals surface area contributed by atoms with Crippen molar-refractivity contribution >= 4 is 22.3 Å². The highest BCUT2D eigenvalue weighted by atomic mass is 16.3. The van der Waals surface area contributed by atoms with Gasteiger partial charge in [-0.05, 0) is 49.0 Å². The molecule has 0 saturated carbocycles. The number of hydrogen-bond donors (Lipinski definition) is 2. The second-order valence-corrected chi connectivity index (χ2v) is 5.08. The summed E-state index contributed by atoms with van der Waals surface area (Å²) < 4.78 is 0. The smallest absolute Gasteiger partial charge is 0.137 e. The first kappa shape index (κ1) is 13.1. The van der Waals surface area contributed by atoms with Gasteiger partial charge in [-0.25, -0.2) is 9.97 Å². The Morgan fingerprint density at radius 3 is 2.95 bits per heavy atom. The predicted octanol–water partition coefficient (Wildman–Crippen LogP) is 2.99. The number of aliphatic hydroxyl groups is 1. The molecule has 2 N–H and O–H groups in total. The van der Waals surface area contributed by atoms with E-state index in [0.29, 0.717) is 6.54 Å². The number of aliphatic hydroxyl groups excluding tert-OH is 1. The maximum Gasteiger partial charge on any atom is 0.137 e. The maximum absolute atomic E-state index is 8.94. The van der Waals surface area contributed by atoms with Crippen LogP contribution in [0.3, 0.4) is 0 Å². The number of rotatable bonds is 4. The van der Waals surface area contributed by atoms with Gasteiger partial charge in [0, 0.05) is 11.9 Å². The van der Waals surface area contributed by atoms with Crippen molar-refractivity contribution in [3.05, 3.63) is 36.2 Å². The summed E-state index contributed by atoms with van der Waals surface area (Å²) in [4.78, 5) is 8.58. The molecule has 2 aromatic rings. The van der Waals surface area contributed by atoms with Crippen LogP contribution in [0.1, 0.15) is 31.2 Å². The molecule has 0 fully saturated rings. The van der Waals surface area contributed by atoms with Gasteiger partial charge in [-0.1, -0.05) is 12.1 Å². The van der Waals surface area contributed by atoms with E-state index in [0.717, 1.165) is 23.1 Å². The lowest BCUT2D eigenvalue weighted by atomic mass is 9.93. The lowest BCUT2D eigenvalue weighted by molar-refractivity contribution is 0.311. The molecule has 1 heterocycles. The summed E-state index contributed by atoms with van der Waals surface area (Å²) in [7, 11) is 0. The molecule has 0 saturated heterocycles. The highest BCUT2D eigenvalue weighted by molar-refractivity contribution is 5.91. The van der Waals surface area contributed by atoms with Crippen LogP contribution in [0.25, 0.3) is 16.5 Å². The zero-order valence-electron chi connectivity index (χ0n) is 11.5. The van der Waals surface area contributed by atoms with Crippen molar-refractivity contribution in [2.45, 2.75) is 25.7 Å². The van der Waals surface area contributed by atoms with Gasteiger partial charge in [0.05, 0.1) is 12.1 Å². The van der Waals surface area contributed by atoms with E-state index in [1.807, 2.05) is 6.07 Å². The summed E-state index contributed by atoms with van der Waals surface area (Å²) in [5.74, 6) is 0.794. The van der Waals surface area contributed by atoms with Gasteiger partial charge in [-0.3, -0.25) is 0 Å². The fraction of sp³-hybridized carbons (Fsp3) is 0.375. The first-order valence-corrected chi connectivity index (χ1v) is 7.17. The molecule has 0 amide bonds. The van der Waals surface area contributed by atoms with E-state index in [1.54, 1.807) is 6.33 Å². The van der Waals surface area contributed by atoms with Crippen LogP contribution >= 0.6 is 0 Å². The van der Waals surface area contributed by atoms with E-state index in [9.17, 15) is 0 Å². The molecule has 0 radical (unpaired) electrons. The quantitative estimate of drug-likeness (QED) is 0.896. The molecule has 1 aromatic heterocycles. The average Bonchev–Trinajstić information content (AvgIpc) is 2.53. The van der Waals surface area contributed by atoms with Gasteiger partial charge in [-0.2, -0.15) is 0 Å². The van der Waals surface area contributed by atoms with Gasteiger partial charge >= 0.3 is 0 Å². The van der Waals surface area contributed by atoms with Gasteiger partial charge in [0.15, 0.2) is 0 Å². The number of nitrogens with zero attached hydrogens (tertiary/aromatic N) is 2. The number of anilines is 1. The van der Waals surface area contributed by atoms with E-state index < -0.39 is 0 Å². The minimum atomic E-state index is 0.0936. The molecule has 0 aliphatic heterocycles. The van der Waals surface area contributed by atoms with Gasteiger partial charge in [-0.15, -0.1) is 0 Å². The zero-order valence-corrected chi connectivity index (χ0v) is 11.5. The molecule has 3 rings (SSSR count). The van der Waals surface area contributed by atoms with Crippen molar-refractivity contribution in [2.24, 2.45) is 0 Å². The topological polar surface area (TPSA) is 58.0 Å². The second kappa shape index (κ2) is 6.01. The number of hydrogen-bond acceptors (Lipinski definition) is 4. The number of aromatic nitrogens is 2. The van der Waals surface area contributed by atoms with Crippen molar-refractivity contribution in [2.75, 3.05) is 18.5 Å². The van der Waals surface area contributed by atoms with Crippen molar-refractivity contribution in [1.29, 1.82) is 0 Å². The van der Waals surface area contributed by atoms with Crippen LogP contribution in [0.4, 0.5) is 5.82 Å². The van der Waals surface area contributed by atoms with Crippen LogP contribution in [-0.4, -0.2) is 28.2 Å². The van der Waals surface area contributed by atoms with Crippen molar-refractivity contribution in [3.8, 4) is 0 Å². The highest BCUT2D eigenvalue weighted by Crippen LogP contribution is 2.30. The Bertz CT molecular complexity index is 637. The molecule has 0 spiro atoms. The normalized spacial score (nSPS) is 15.2. The van der Waals surface area contributed by atoms with Crippen molar-refractivity contribution in [1.82, 2.24) is 9.97 Å². The van der Waals surface area contributed by atoms with E-state index in [2.05, 4.69) is 33.5 Å². The van der Waals surface area contributed by atoms with E-state index in [-0.39, 0.29) is 6.61 Å². The summed E-state index contributed by atoms with van der Waals surface area (Å²) >= 11 is 0. The molecule has 1 aromatic carbocycles. The SMILES string of the molecule is OCCNc1ncnc2ccc(C3=CCCCC3)cc12. The third-order valence-corrected chi connectivity index (χ3v) is 3.70. The van der Waals surface area contributed by atoms with Crippen LogP contribution in [0.15, 0.2) is 30.6 Å². The summed E-state index contributed by atoms with van der Waals surface area (Å²) in [6, 6.07) is 6.35. The fourth-order valence-electron chi connectivity index (χ4n) is 2.67. The summed E-state index contributed by atoms with van der Waals surface area (Å²) in [6.07, 6.45) is 8.79. The average molecular weight is 269 g/mol. The van der Waals surface area contributed by atoms with Gasteiger partial charge in [0.1, 0.15) is 12.1 Å². The predicted molar refractivity (Wildman–Crippen MR) is 81.6 cm³/mol. The zero-order chi connectivity index (χ0) is 13.8. The molecular formula is C16H19N3O. The molecule has 1 aliphatic rings. The Hall–Kier alpha value is -1.94. The third kappa shape index (κ3) is 2.65. The van der Waals surface area contributed by atoms with Gasteiger partial charge in [0.25, 0.3) is 0 Å². The lowest BCUT2D eigenvalue weighted by Gasteiger charge is -2.14. The summed E-state index contributed by atoms with van der Waals surface area (Å²) in [6.45, 7) is 0.593. The molecule has 20 heavy (non-hydrogen) atoms. The second-order valence-electron chi connectivity index (χ2n) is 5.08. The highest BCUT2D eigenvalue weighted by Gasteiger charge is 2.09. The van der Waals surface area contributed by atoms with Crippen molar-refractivity contribution in [3.63, 3.8) is 0 Å². The third-order valence-electron chi connectivity index (χ3n) is 3.70. The Labute approximate surface area is 118 Å². The van der Waals surface area contributed by atoms with Crippen molar-refractivity contribution < 1.29 is 5.11 Å². The van der Waals surface area contributed by atoms with E-state index >= 15 is 0 Å². The number of fused-ring (bicyclic) bond motifs is 1. The van der Waals surface area contributed by atoms with Crippen LogP contribution in [0.2, 0.25) is 0 Å². The van der Waals surface area contributed by atoms with Crippen LogP contribution < -0.4 is 5.32 Å². The van der Waals surface area contributed by atoms with Crippen LogP contribution in [-0.2, 0) is 0 Å². The molecule has 4 nitrogen and oxygen atoms in total. The standard InChI is InChI=1S/C16H19N3O/c20-9-8-17-16-14-10-13(12-4-2-1-3-5-12)6-7-15(14)18-11-19-16/h4,6-7,10-11,20H,1-3,5,8-9H2,(H,17,18,19). The molecule has 1 aliphatic carbocycles. The first-order chi connectivity index (χ1) is 9.88. The Kier molecular flexibility index (Phi) is 3.92. The molecule has 4 heteroatoms. The number of nitrogens with one attached hydrogen (secondary N) is 1. The monoisotopic (exact) mass is 269 g/mol. The molecule has 0 unspecified atom stereocenters. The number of benzene rings is 1.